The lowest BCUT2D eigenvalue weighted by Crippen LogP contribution is -1.93. The molecule has 4 aromatic carbocycles. The van der Waals surface area contributed by atoms with Crippen LogP contribution < -0.4 is 0 Å². The Morgan fingerprint density at radius 3 is 2.29 bits per heavy atom. The number of benzene rings is 4. The maximum Gasteiger partial charge on any atom is 0.0556 e. The van der Waals surface area contributed by atoms with Crippen molar-refractivity contribution in [1.82, 2.24) is 4.57 Å². The summed E-state index contributed by atoms with van der Waals surface area (Å²) in [6.45, 7) is 0. The lowest BCUT2D eigenvalue weighted by atomic mass is 10.1. The van der Waals surface area contributed by atoms with Gasteiger partial charge in [0.2, 0.25) is 0 Å². The third-order valence-electron chi connectivity index (χ3n) is 4.64. The van der Waals surface area contributed by atoms with Gasteiger partial charge in [-0.1, -0.05) is 66.2 Å². The molecular formula is C22H14ClN. The van der Waals surface area contributed by atoms with Crippen LogP contribution in [0.4, 0.5) is 0 Å². The molecule has 0 unspecified atom stereocenters. The highest BCUT2D eigenvalue weighted by Gasteiger charge is 2.13. The van der Waals surface area contributed by atoms with Gasteiger partial charge in [-0.15, -0.1) is 0 Å². The third kappa shape index (κ3) is 1.88. The van der Waals surface area contributed by atoms with Gasteiger partial charge in [-0.05, 0) is 41.1 Å². The van der Waals surface area contributed by atoms with Crippen molar-refractivity contribution in [2.75, 3.05) is 0 Å². The summed E-state index contributed by atoms with van der Waals surface area (Å²) in [4.78, 5) is 0. The largest absolute Gasteiger partial charge is 0.309 e. The molecule has 5 rings (SSSR count). The van der Waals surface area contributed by atoms with Crippen LogP contribution in [-0.2, 0) is 0 Å². The Kier molecular flexibility index (Phi) is 2.91. The van der Waals surface area contributed by atoms with Gasteiger partial charge in [0.1, 0.15) is 0 Å². The van der Waals surface area contributed by atoms with Gasteiger partial charge < -0.3 is 4.57 Å². The Balaban J connectivity index is 1.95. The molecule has 1 nitrogen and oxygen atoms in total. The predicted octanol–water partition coefficient (Wildman–Crippen LogP) is 6.59. The molecule has 1 heterocycles. The smallest absolute Gasteiger partial charge is 0.0556 e. The molecule has 1 aromatic heterocycles. The van der Waals surface area contributed by atoms with Crippen molar-refractivity contribution < 1.29 is 0 Å². The van der Waals surface area contributed by atoms with E-state index in [1.165, 1.54) is 21.7 Å². The van der Waals surface area contributed by atoms with Gasteiger partial charge >= 0.3 is 0 Å². The standard InChI is InChI=1S/C22H14ClN/c23-19-9-5-11-21-22(19)18-8-3-4-10-20(18)24(21)17-13-12-15-6-1-2-7-16(15)14-17/h1-14H. The Bertz CT molecular complexity index is 1220. The van der Waals surface area contributed by atoms with E-state index >= 15 is 0 Å². The van der Waals surface area contributed by atoms with Crippen molar-refractivity contribution in [3.05, 3.63) is 90.0 Å². The minimum absolute atomic E-state index is 0.795. The van der Waals surface area contributed by atoms with Crippen LogP contribution >= 0.6 is 11.6 Å². The first-order valence-electron chi connectivity index (χ1n) is 8.00. The van der Waals surface area contributed by atoms with Crippen molar-refractivity contribution in [3.63, 3.8) is 0 Å². The van der Waals surface area contributed by atoms with Gasteiger partial charge in [0, 0.05) is 16.5 Å². The number of nitrogens with zero attached hydrogens (tertiary/aromatic N) is 1. The van der Waals surface area contributed by atoms with Crippen LogP contribution in [0.2, 0.25) is 5.02 Å². The lowest BCUT2D eigenvalue weighted by Gasteiger charge is -2.09. The highest BCUT2D eigenvalue weighted by molar-refractivity contribution is 6.38. The monoisotopic (exact) mass is 327 g/mol. The average Bonchev–Trinajstić information content (AvgIpc) is 2.97. The van der Waals surface area contributed by atoms with Gasteiger partial charge in [-0.3, -0.25) is 0 Å². The molecule has 5 aromatic rings. The summed E-state index contributed by atoms with van der Waals surface area (Å²) >= 11 is 6.52. The minimum atomic E-state index is 0.795. The van der Waals surface area contributed by atoms with Crippen LogP contribution in [0, 0.1) is 0 Å². The van der Waals surface area contributed by atoms with Crippen LogP contribution in [-0.4, -0.2) is 4.57 Å². The fourth-order valence-electron chi connectivity index (χ4n) is 3.57. The second kappa shape index (κ2) is 5.12. The molecule has 24 heavy (non-hydrogen) atoms. The first kappa shape index (κ1) is 13.6. The van der Waals surface area contributed by atoms with E-state index in [-0.39, 0.29) is 0 Å². The van der Waals surface area contributed by atoms with Crippen LogP contribution in [0.15, 0.2) is 84.9 Å². The SMILES string of the molecule is Clc1cccc2c1c1ccccc1n2-c1ccc2ccccc2c1. The van der Waals surface area contributed by atoms with E-state index in [4.69, 9.17) is 11.6 Å². The zero-order valence-electron chi connectivity index (χ0n) is 12.9. The summed E-state index contributed by atoms with van der Waals surface area (Å²) in [5.41, 5.74) is 3.47. The molecule has 0 radical (unpaired) electrons. The summed E-state index contributed by atoms with van der Waals surface area (Å²) in [7, 11) is 0. The van der Waals surface area contributed by atoms with Gasteiger partial charge in [0.15, 0.2) is 0 Å². The Hall–Kier alpha value is -2.77. The van der Waals surface area contributed by atoms with Crippen molar-refractivity contribution in [2.24, 2.45) is 0 Å². The molecule has 0 bridgehead atoms. The van der Waals surface area contributed by atoms with E-state index in [0.29, 0.717) is 0 Å². The normalized spacial score (nSPS) is 11.5. The molecule has 0 saturated carbocycles. The molecule has 0 saturated heterocycles. The number of halogens is 1. The van der Waals surface area contributed by atoms with Gasteiger partial charge in [0.05, 0.1) is 16.1 Å². The number of hydrogen-bond donors (Lipinski definition) is 0. The van der Waals surface area contributed by atoms with Crippen molar-refractivity contribution in [3.8, 4) is 5.69 Å². The number of para-hydroxylation sites is 1. The molecule has 2 heteroatoms. The van der Waals surface area contributed by atoms with E-state index in [0.717, 1.165) is 21.6 Å². The number of aromatic nitrogens is 1. The van der Waals surface area contributed by atoms with Crippen molar-refractivity contribution >= 4 is 44.2 Å². The van der Waals surface area contributed by atoms with Crippen LogP contribution in [0.25, 0.3) is 38.3 Å². The first-order valence-corrected chi connectivity index (χ1v) is 8.37. The van der Waals surface area contributed by atoms with Crippen LogP contribution in [0.3, 0.4) is 0 Å². The fraction of sp³-hybridized carbons (Fsp3) is 0. The molecule has 0 spiro atoms. The molecule has 114 valence electrons. The highest BCUT2D eigenvalue weighted by atomic mass is 35.5. The van der Waals surface area contributed by atoms with Crippen LogP contribution in [0.1, 0.15) is 0 Å². The molecule has 0 aliphatic rings. The third-order valence-corrected chi connectivity index (χ3v) is 4.95. The average molecular weight is 328 g/mol. The molecule has 0 aliphatic heterocycles. The molecule has 0 aliphatic carbocycles. The number of fused-ring (bicyclic) bond motifs is 4. The maximum atomic E-state index is 6.52. The predicted molar refractivity (Wildman–Crippen MR) is 103 cm³/mol. The summed E-state index contributed by atoms with van der Waals surface area (Å²) in [6.07, 6.45) is 0. The quantitative estimate of drug-likeness (QED) is 0.327. The second-order valence-corrected chi connectivity index (χ2v) is 6.43. The first-order chi connectivity index (χ1) is 11.8. The Labute approximate surface area is 144 Å². The maximum absolute atomic E-state index is 6.52. The van der Waals surface area contributed by atoms with Crippen molar-refractivity contribution in [1.29, 1.82) is 0 Å². The van der Waals surface area contributed by atoms with E-state index in [2.05, 4.69) is 77.4 Å². The minimum Gasteiger partial charge on any atom is -0.309 e. The Morgan fingerprint density at radius 1 is 0.625 bits per heavy atom. The van der Waals surface area contributed by atoms with E-state index < -0.39 is 0 Å². The Morgan fingerprint density at radius 2 is 1.38 bits per heavy atom. The fourth-order valence-corrected chi connectivity index (χ4v) is 3.84. The molecule has 0 N–H and O–H groups in total. The summed E-state index contributed by atoms with van der Waals surface area (Å²) in [5.74, 6) is 0. The highest BCUT2D eigenvalue weighted by Crippen LogP contribution is 2.36. The van der Waals surface area contributed by atoms with E-state index in [1.807, 2.05) is 12.1 Å². The molecule has 0 fully saturated rings. The van der Waals surface area contributed by atoms with Gasteiger partial charge in [-0.2, -0.15) is 0 Å². The van der Waals surface area contributed by atoms with Crippen molar-refractivity contribution in [2.45, 2.75) is 0 Å². The van der Waals surface area contributed by atoms with E-state index in [9.17, 15) is 0 Å². The van der Waals surface area contributed by atoms with Crippen LogP contribution in [0.5, 0.6) is 0 Å². The zero-order valence-corrected chi connectivity index (χ0v) is 13.7. The molecule has 0 amide bonds. The summed E-state index contributed by atoms with van der Waals surface area (Å²) < 4.78 is 2.29. The topological polar surface area (TPSA) is 4.93 Å². The van der Waals surface area contributed by atoms with Gasteiger partial charge in [0.25, 0.3) is 0 Å². The van der Waals surface area contributed by atoms with E-state index in [1.54, 1.807) is 0 Å². The lowest BCUT2D eigenvalue weighted by molar-refractivity contribution is 1.19. The summed E-state index contributed by atoms with van der Waals surface area (Å²) in [5, 5.41) is 5.58. The number of hydrogen-bond acceptors (Lipinski definition) is 0. The second-order valence-electron chi connectivity index (χ2n) is 6.02. The zero-order chi connectivity index (χ0) is 16.1. The molecule has 0 atom stereocenters. The number of rotatable bonds is 1. The molecular weight excluding hydrogens is 314 g/mol. The van der Waals surface area contributed by atoms with Gasteiger partial charge in [-0.25, -0.2) is 0 Å². The summed E-state index contributed by atoms with van der Waals surface area (Å²) in [6, 6.07) is 29.6.